The average Bonchev–Trinajstić information content (AvgIpc) is 2.78. The van der Waals surface area contributed by atoms with Crippen molar-refractivity contribution in [3.8, 4) is 11.5 Å². The van der Waals surface area contributed by atoms with Crippen LogP contribution in [0.25, 0.3) is 0 Å². The molecule has 0 fully saturated rings. The topological polar surface area (TPSA) is 55.8 Å². The van der Waals surface area contributed by atoms with Crippen molar-refractivity contribution in [2.45, 2.75) is 17.4 Å². The third-order valence-corrected chi connectivity index (χ3v) is 7.17. The van der Waals surface area contributed by atoms with Crippen LogP contribution in [0.15, 0.2) is 77.7 Å². The van der Waals surface area contributed by atoms with Gasteiger partial charge >= 0.3 is 0 Å². The Labute approximate surface area is 171 Å². The minimum Gasteiger partial charge on any atom is -0.493 e. The fourth-order valence-electron chi connectivity index (χ4n) is 3.89. The van der Waals surface area contributed by atoms with Gasteiger partial charge in [0.25, 0.3) is 0 Å². The summed E-state index contributed by atoms with van der Waals surface area (Å²) >= 11 is 0. The van der Waals surface area contributed by atoms with Crippen LogP contribution in [-0.4, -0.2) is 33.5 Å². The van der Waals surface area contributed by atoms with Crippen LogP contribution in [0.2, 0.25) is 0 Å². The summed E-state index contributed by atoms with van der Waals surface area (Å²) in [5.74, 6) is 1.24. The van der Waals surface area contributed by atoms with Crippen molar-refractivity contribution in [1.29, 1.82) is 0 Å². The van der Waals surface area contributed by atoms with Crippen LogP contribution in [0.1, 0.15) is 22.7 Å². The van der Waals surface area contributed by atoms with Crippen LogP contribution in [0.4, 0.5) is 0 Å². The minimum atomic E-state index is -3.68. The Morgan fingerprint density at radius 1 is 0.862 bits per heavy atom. The van der Waals surface area contributed by atoms with Crippen molar-refractivity contribution in [3.63, 3.8) is 0 Å². The van der Waals surface area contributed by atoms with Gasteiger partial charge in [0.05, 0.1) is 25.2 Å². The molecule has 5 nitrogen and oxygen atoms in total. The van der Waals surface area contributed by atoms with Crippen LogP contribution in [0, 0.1) is 0 Å². The molecular formula is C23H23NO4S. The third kappa shape index (κ3) is 3.50. The zero-order valence-corrected chi connectivity index (χ0v) is 17.2. The van der Waals surface area contributed by atoms with Gasteiger partial charge < -0.3 is 9.47 Å². The Balaban J connectivity index is 1.90. The number of methoxy groups -OCH3 is 2. The number of ether oxygens (including phenoxy) is 2. The second-order valence-electron chi connectivity index (χ2n) is 6.90. The third-order valence-electron chi connectivity index (χ3n) is 5.29. The molecule has 0 spiro atoms. The standard InChI is InChI=1S/C23H23NO4S/c1-27-21-15-18-13-14-24(29(25,26)19-11-7-4-8-12-19)23(17-9-5-3-6-10-17)20(18)16-22(21)28-2/h3-12,15-16,23H,13-14H2,1-2H3. The largest absolute Gasteiger partial charge is 0.493 e. The monoisotopic (exact) mass is 409 g/mol. The van der Waals surface area contributed by atoms with Crippen molar-refractivity contribution in [1.82, 2.24) is 4.31 Å². The van der Waals surface area contributed by atoms with E-state index in [1.807, 2.05) is 48.5 Å². The number of nitrogens with zero attached hydrogens (tertiary/aromatic N) is 1. The molecule has 0 radical (unpaired) electrons. The summed E-state index contributed by atoms with van der Waals surface area (Å²) < 4.78 is 39.6. The zero-order chi connectivity index (χ0) is 20.4. The van der Waals surface area contributed by atoms with Crippen molar-refractivity contribution < 1.29 is 17.9 Å². The summed E-state index contributed by atoms with van der Waals surface area (Å²) in [6.07, 6.45) is 0.602. The van der Waals surface area contributed by atoms with E-state index in [4.69, 9.17) is 9.47 Å². The Hall–Kier alpha value is -2.83. The molecule has 1 heterocycles. The molecule has 0 bridgehead atoms. The molecule has 29 heavy (non-hydrogen) atoms. The van der Waals surface area contributed by atoms with E-state index in [1.165, 1.54) is 0 Å². The number of benzene rings is 3. The average molecular weight is 410 g/mol. The Morgan fingerprint density at radius 2 is 1.45 bits per heavy atom. The molecule has 0 saturated heterocycles. The number of sulfonamides is 1. The fraction of sp³-hybridized carbons (Fsp3) is 0.217. The number of fused-ring (bicyclic) bond motifs is 1. The first kappa shape index (κ1) is 19.5. The SMILES string of the molecule is COc1cc2c(cc1OC)C(c1ccccc1)N(S(=O)(=O)c1ccccc1)CC2. The van der Waals surface area contributed by atoms with E-state index in [1.54, 1.807) is 42.8 Å². The van der Waals surface area contributed by atoms with Crippen LogP contribution >= 0.6 is 0 Å². The first-order chi connectivity index (χ1) is 14.1. The molecule has 6 heteroatoms. The van der Waals surface area contributed by atoms with Crippen molar-refractivity contribution in [3.05, 3.63) is 89.5 Å². The highest BCUT2D eigenvalue weighted by Crippen LogP contribution is 2.42. The predicted octanol–water partition coefficient (Wildman–Crippen LogP) is 4.04. The lowest BCUT2D eigenvalue weighted by Crippen LogP contribution is -2.40. The zero-order valence-electron chi connectivity index (χ0n) is 16.4. The van der Waals surface area contributed by atoms with Gasteiger partial charge in [0, 0.05) is 6.54 Å². The smallest absolute Gasteiger partial charge is 0.243 e. The van der Waals surface area contributed by atoms with Crippen LogP contribution in [0.5, 0.6) is 11.5 Å². The predicted molar refractivity (Wildman–Crippen MR) is 112 cm³/mol. The summed E-state index contributed by atoms with van der Waals surface area (Å²) in [5.41, 5.74) is 2.90. The van der Waals surface area contributed by atoms with Crippen LogP contribution in [-0.2, 0) is 16.4 Å². The summed E-state index contributed by atoms with van der Waals surface area (Å²) in [5, 5.41) is 0. The van der Waals surface area contributed by atoms with Gasteiger partial charge in [-0.1, -0.05) is 48.5 Å². The highest BCUT2D eigenvalue weighted by Gasteiger charge is 2.38. The van der Waals surface area contributed by atoms with Gasteiger partial charge in [-0.2, -0.15) is 4.31 Å². The molecule has 3 aromatic rings. The molecule has 0 amide bonds. The second-order valence-corrected chi connectivity index (χ2v) is 8.79. The van der Waals surface area contributed by atoms with Gasteiger partial charge in [0.15, 0.2) is 11.5 Å². The van der Waals surface area contributed by atoms with Gasteiger partial charge in [0.2, 0.25) is 10.0 Å². The maximum absolute atomic E-state index is 13.5. The van der Waals surface area contributed by atoms with Crippen molar-refractivity contribution in [2.75, 3.05) is 20.8 Å². The van der Waals surface area contributed by atoms with Crippen LogP contribution in [0.3, 0.4) is 0 Å². The molecule has 1 aliphatic heterocycles. The highest BCUT2D eigenvalue weighted by atomic mass is 32.2. The normalized spacial score (nSPS) is 16.8. The molecule has 1 aliphatic rings. The molecule has 0 N–H and O–H groups in total. The molecule has 1 unspecified atom stereocenters. The first-order valence-electron chi connectivity index (χ1n) is 9.43. The van der Waals surface area contributed by atoms with E-state index in [2.05, 4.69) is 0 Å². The fourth-order valence-corrected chi connectivity index (χ4v) is 5.51. The second kappa shape index (κ2) is 7.89. The molecule has 0 aromatic heterocycles. The molecule has 1 atom stereocenters. The van der Waals surface area contributed by atoms with E-state index in [0.717, 1.165) is 16.7 Å². The van der Waals surface area contributed by atoms with Crippen molar-refractivity contribution >= 4 is 10.0 Å². The van der Waals surface area contributed by atoms with Crippen molar-refractivity contribution in [2.24, 2.45) is 0 Å². The van der Waals surface area contributed by atoms with Gasteiger partial charge in [-0.3, -0.25) is 0 Å². The Morgan fingerprint density at radius 3 is 2.07 bits per heavy atom. The number of hydrogen-bond acceptors (Lipinski definition) is 4. The maximum Gasteiger partial charge on any atom is 0.243 e. The van der Waals surface area contributed by atoms with Gasteiger partial charge in [-0.15, -0.1) is 0 Å². The number of hydrogen-bond donors (Lipinski definition) is 0. The number of rotatable bonds is 5. The van der Waals surface area contributed by atoms with E-state index < -0.39 is 16.1 Å². The molecule has 150 valence electrons. The van der Waals surface area contributed by atoms with E-state index in [-0.39, 0.29) is 0 Å². The van der Waals surface area contributed by atoms with E-state index in [0.29, 0.717) is 29.4 Å². The Kier molecular flexibility index (Phi) is 5.30. The molecular weight excluding hydrogens is 386 g/mol. The van der Waals surface area contributed by atoms with Gasteiger partial charge in [-0.05, 0) is 47.4 Å². The van der Waals surface area contributed by atoms with Crippen LogP contribution < -0.4 is 9.47 Å². The van der Waals surface area contributed by atoms with E-state index in [9.17, 15) is 8.42 Å². The lowest BCUT2D eigenvalue weighted by molar-refractivity contribution is 0.332. The quantitative estimate of drug-likeness (QED) is 0.638. The van der Waals surface area contributed by atoms with E-state index >= 15 is 0 Å². The lowest BCUT2D eigenvalue weighted by atomic mass is 9.89. The summed E-state index contributed by atoms with van der Waals surface area (Å²) in [6.45, 7) is 0.388. The molecule has 3 aromatic carbocycles. The summed E-state index contributed by atoms with van der Waals surface area (Å²) in [7, 11) is -0.485. The molecule has 4 rings (SSSR count). The molecule has 0 aliphatic carbocycles. The lowest BCUT2D eigenvalue weighted by Gasteiger charge is -2.37. The first-order valence-corrected chi connectivity index (χ1v) is 10.9. The summed E-state index contributed by atoms with van der Waals surface area (Å²) in [4.78, 5) is 0.296. The van der Waals surface area contributed by atoms with Gasteiger partial charge in [0.1, 0.15) is 0 Å². The highest BCUT2D eigenvalue weighted by molar-refractivity contribution is 7.89. The van der Waals surface area contributed by atoms with Gasteiger partial charge in [-0.25, -0.2) is 8.42 Å². The Bertz CT molecular complexity index is 1100. The minimum absolute atomic E-state index is 0.296. The maximum atomic E-state index is 13.5. The molecule has 0 saturated carbocycles. The summed E-state index contributed by atoms with van der Waals surface area (Å²) in [6, 6.07) is 21.7.